The van der Waals surface area contributed by atoms with E-state index in [1.165, 1.54) is 18.3 Å². The lowest BCUT2D eigenvalue weighted by Gasteiger charge is -2.16. The number of nitrogens with zero attached hydrogens (tertiary/aromatic N) is 7. The van der Waals surface area contributed by atoms with Gasteiger partial charge in [-0.1, -0.05) is 6.07 Å². The highest BCUT2D eigenvalue weighted by Gasteiger charge is 2.38. The van der Waals surface area contributed by atoms with Gasteiger partial charge in [0.05, 0.1) is 28.8 Å². The average Bonchev–Trinajstić information content (AvgIpc) is 3.30. The van der Waals surface area contributed by atoms with Crippen LogP contribution in [0.3, 0.4) is 0 Å². The Kier molecular flexibility index (Phi) is 6.05. The summed E-state index contributed by atoms with van der Waals surface area (Å²) in [6, 6.07) is 7.30. The van der Waals surface area contributed by atoms with Gasteiger partial charge in [0.25, 0.3) is 11.7 Å². The van der Waals surface area contributed by atoms with Crippen molar-refractivity contribution in [1.29, 1.82) is 0 Å². The van der Waals surface area contributed by atoms with E-state index >= 15 is 0 Å². The highest BCUT2D eigenvalue weighted by Crippen LogP contribution is 2.30. The van der Waals surface area contributed by atoms with Crippen LogP contribution in [-0.4, -0.2) is 41.1 Å². The maximum atomic E-state index is 13.4. The number of carbonyl (C=O) groups is 1. The number of amides is 1. The molecule has 4 aromatic rings. The summed E-state index contributed by atoms with van der Waals surface area (Å²) in [4.78, 5) is 25.9. The van der Waals surface area contributed by atoms with Gasteiger partial charge >= 0.3 is 6.18 Å². The monoisotopic (exact) mass is 468 g/mol. The predicted octanol–water partition coefficient (Wildman–Crippen LogP) is 3.64. The van der Waals surface area contributed by atoms with Gasteiger partial charge in [-0.05, 0) is 61.0 Å². The zero-order valence-electron chi connectivity index (χ0n) is 18.4. The fraction of sp³-hybridized carbons (Fsp3) is 0.227. The van der Waals surface area contributed by atoms with E-state index in [4.69, 9.17) is 0 Å². The van der Waals surface area contributed by atoms with Crippen LogP contribution in [0.1, 0.15) is 46.1 Å². The number of rotatable bonds is 5. The van der Waals surface area contributed by atoms with E-state index in [0.29, 0.717) is 27.3 Å². The molecule has 0 bridgehead atoms. The third-order valence-electron chi connectivity index (χ3n) is 5.03. The minimum absolute atomic E-state index is 0.0364. The normalized spacial score (nSPS) is 12.4. The fourth-order valence-electron chi connectivity index (χ4n) is 3.38. The number of benzene rings is 1. The van der Waals surface area contributed by atoms with Gasteiger partial charge < -0.3 is 5.32 Å². The molecule has 12 heteroatoms. The van der Waals surface area contributed by atoms with Gasteiger partial charge in [0.2, 0.25) is 0 Å². The second kappa shape index (κ2) is 8.96. The summed E-state index contributed by atoms with van der Waals surface area (Å²) >= 11 is 0. The van der Waals surface area contributed by atoms with Gasteiger partial charge in [0.1, 0.15) is 0 Å². The molecule has 1 atom stereocenters. The number of halogens is 3. The van der Waals surface area contributed by atoms with Crippen LogP contribution in [0.25, 0.3) is 16.9 Å². The summed E-state index contributed by atoms with van der Waals surface area (Å²) in [5, 5.41) is 12.6. The first kappa shape index (κ1) is 23.0. The Balaban J connectivity index is 1.77. The lowest BCUT2D eigenvalue weighted by atomic mass is 10.0. The number of hydrogen-bond acceptors (Lipinski definition) is 7. The van der Waals surface area contributed by atoms with E-state index in [9.17, 15) is 18.0 Å². The minimum Gasteiger partial charge on any atom is -0.344 e. The molecule has 1 N–H and O–H groups in total. The quantitative estimate of drug-likeness (QED) is 0.476. The third-order valence-corrected chi connectivity index (χ3v) is 5.03. The number of aromatic nitrogens is 7. The van der Waals surface area contributed by atoms with Crippen molar-refractivity contribution >= 4 is 5.91 Å². The Bertz CT molecular complexity index is 1330. The lowest BCUT2D eigenvalue weighted by Crippen LogP contribution is -2.28. The number of tetrazole rings is 1. The van der Waals surface area contributed by atoms with Crippen LogP contribution in [0.5, 0.6) is 0 Å². The molecule has 0 aliphatic rings. The minimum atomic E-state index is -4.79. The summed E-state index contributed by atoms with van der Waals surface area (Å²) in [7, 11) is 0. The molecular formula is C22H19F3N8O. The van der Waals surface area contributed by atoms with Crippen molar-refractivity contribution in [3.63, 3.8) is 0 Å². The molecule has 0 fully saturated rings. The number of alkyl halides is 3. The van der Waals surface area contributed by atoms with Gasteiger partial charge in [-0.25, -0.2) is 0 Å². The van der Waals surface area contributed by atoms with Gasteiger partial charge in [-0.2, -0.15) is 17.9 Å². The molecule has 1 aromatic carbocycles. The molecule has 0 saturated carbocycles. The summed E-state index contributed by atoms with van der Waals surface area (Å²) < 4.78 is 40.8. The average molecular weight is 468 g/mol. The second-order valence-corrected chi connectivity index (χ2v) is 7.62. The molecular weight excluding hydrogens is 449 g/mol. The van der Waals surface area contributed by atoms with E-state index < -0.39 is 23.9 Å². The Morgan fingerprint density at radius 2 is 1.82 bits per heavy atom. The maximum absolute atomic E-state index is 13.4. The molecule has 174 valence electrons. The van der Waals surface area contributed by atoms with Gasteiger partial charge in [0, 0.05) is 29.7 Å². The first-order chi connectivity index (χ1) is 16.1. The molecule has 0 saturated heterocycles. The van der Waals surface area contributed by atoms with E-state index in [2.05, 4.69) is 35.8 Å². The van der Waals surface area contributed by atoms with Crippen LogP contribution in [0.15, 0.2) is 48.9 Å². The van der Waals surface area contributed by atoms with Crippen molar-refractivity contribution in [3.8, 4) is 16.9 Å². The van der Waals surface area contributed by atoms with Crippen molar-refractivity contribution in [2.75, 3.05) is 0 Å². The van der Waals surface area contributed by atoms with Crippen LogP contribution in [-0.2, 0) is 6.18 Å². The Morgan fingerprint density at radius 1 is 1.06 bits per heavy atom. The van der Waals surface area contributed by atoms with Gasteiger partial charge in [-0.3, -0.25) is 19.7 Å². The van der Waals surface area contributed by atoms with Crippen LogP contribution >= 0.6 is 0 Å². The van der Waals surface area contributed by atoms with Crippen molar-refractivity contribution < 1.29 is 18.0 Å². The summed E-state index contributed by atoms with van der Waals surface area (Å²) in [5.41, 5.74) is 3.10. The molecule has 9 nitrogen and oxygen atoms in total. The molecule has 1 amide bonds. The molecule has 3 heterocycles. The van der Waals surface area contributed by atoms with Crippen LogP contribution in [0.4, 0.5) is 13.2 Å². The first-order valence-electron chi connectivity index (χ1n) is 10.2. The largest absolute Gasteiger partial charge is 0.453 e. The zero-order valence-corrected chi connectivity index (χ0v) is 18.4. The van der Waals surface area contributed by atoms with E-state index in [-0.39, 0.29) is 11.3 Å². The Morgan fingerprint density at radius 3 is 2.50 bits per heavy atom. The number of nitrogens with one attached hydrogen (secondary N) is 1. The van der Waals surface area contributed by atoms with E-state index in [1.807, 2.05) is 13.0 Å². The molecule has 0 radical (unpaired) electrons. The van der Waals surface area contributed by atoms with Gasteiger partial charge in [-0.15, -0.1) is 5.10 Å². The van der Waals surface area contributed by atoms with E-state index in [1.54, 1.807) is 38.4 Å². The zero-order chi connectivity index (χ0) is 24.5. The fourth-order valence-corrected chi connectivity index (χ4v) is 3.38. The molecule has 3 aromatic heterocycles. The summed E-state index contributed by atoms with van der Waals surface area (Å²) in [6.07, 6.45) is -0.105. The molecule has 4 rings (SSSR count). The number of carbonyl (C=O) groups excluding carboxylic acids is 1. The van der Waals surface area contributed by atoms with Crippen molar-refractivity contribution in [3.05, 3.63) is 77.3 Å². The standard InChI is InChI=1S/C22H19F3N8O/c1-12-4-5-18(28-11-12)15-8-16(20(34)29-14(3)19-13(2)26-6-7-27-19)10-17(9-15)33-21(22(23,24)25)30-31-32-33/h4-11,14H,1-3H3,(H,29,34)/t14-/m0/s1. The van der Waals surface area contributed by atoms with Gasteiger partial charge in [0.15, 0.2) is 0 Å². The third kappa shape index (κ3) is 4.75. The smallest absolute Gasteiger partial charge is 0.344 e. The van der Waals surface area contributed by atoms with Crippen molar-refractivity contribution in [2.24, 2.45) is 0 Å². The number of aryl methyl sites for hydroxylation is 2. The summed E-state index contributed by atoms with van der Waals surface area (Å²) in [5.74, 6) is -1.83. The topological polar surface area (TPSA) is 111 Å². The lowest BCUT2D eigenvalue weighted by molar-refractivity contribution is -0.146. The Hall–Kier alpha value is -4.22. The first-order valence-corrected chi connectivity index (χ1v) is 10.2. The molecule has 0 spiro atoms. The van der Waals surface area contributed by atoms with Crippen LogP contribution in [0.2, 0.25) is 0 Å². The predicted molar refractivity (Wildman–Crippen MR) is 115 cm³/mol. The molecule has 0 aliphatic heterocycles. The highest BCUT2D eigenvalue weighted by molar-refractivity contribution is 5.96. The second-order valence-electron chi connectivity index (χ2n) is 7.62. The highest BCUT2D eigenvalue weighted by atomic mass is 19.4. The molecule has 0 unspecified atom stereocenters. The summed E-state index contributed by atoms with van der Waals surface area (Å²) in [6.45, 7) is 5.37. The van der Waals surface area contributed by atoms with Crippen LogP contribution in [0, 0.1) is 13.8 Å². The number of hydrogen-bond donors (Lipinski definition) is 1. The SMILES string of the molecule is Cc1ccc(-c2cc(C(=O)N[C@@H](C)c3nccnc3C)cc(-n3nnnc3C(F)(F)F)c2)nc1. The molecule has 34 heavy (non-hydrogen) atoms. The van der Waals surface area contributed by atoms with Crippen LogP contribution < -0.4 is 5.32 Å². The molecule has 0 aliphatic carbocycles. The van der Waals surface area contributed by atoms with Crippen molar-refractivity contribution in [1.82, 2.24) is 40.5 Å². The van der Waals surface area contributed by atoms with E-state index in [0.717, 1.165) is 5.56 Å². The maximum Gasteiger partial charge on any atom is 0.453 e. The van der Waals surface area contributed by atoms with Crippen molar-refractivity contribution in [2.45, 2.75) is 33.0 Å². The number of pyridine rings is 1. The Labute approximate surface area is 192 Å².